The van der Waals surface area contributed by atoms with Gasteiger partial charge < -0.3 is 8.94 Å². The van der Waals surface area contributed by atoms with Gasteiger partial charge in [-0.3, -0.25) is 4.79 Å². The third-order valence-corrected chi connectivity index (χ3v) is 3.20. The minimum absolute atomic E-state index is 0.593. The molecule has 0 aliphatic rings. The fourth-order valence-corrected chi connectivity index (χ4v) is 2.31. The van der Waals surface area contributed by atoms with Crippen LogP contribution in [-0.2, 0) is 7.05 Å². The minimum Gasteiger partial charge on any atom is -0.476 e. The molecule has 0 aliphatic carbocycles. The van der Waals surface area contributed by atoms with Gasteiger partial charge in [0.1, 0.15) is 12.6 Å². The van der Waals surface area contributed by atoms with Crippen LogP contribution in [-0.4, -0.2) is 6.29 Å². The number of furan rings is 1. The van der Waals surface area contributed by atoms with Crippen LogP contribution in [0.4, 0.5) is 0 Å². The van der Waals surface area contributed by atoms with E-state index in [1.165, 1.54) is 0 Å². The van der Waals surface area contributed by atoms with Gasteiger partial charge in [0.05, 0.1) is 14.9 Å². The van der Waals surface area contributed by atoms with Gasteiger partial charge in [0.25, 0.3) is 0 Å². The van der Waals surface area contributed by atoms with E-state index in [1.807, 2.05) is 30.1 Å². The van der Waals surface area contributed by atoms with Crippen molar-refractivity contribution < 1.29 is 18.3 Å². The van der Waals surface area contributed by atoms with Crippen molar-refractivity contribution >= 4 is 37.7 Å². The Morgan fingerprint density at radius 1 is 1.39 bits per heavy atom. The van der Waals surface area contributed by atoms with Crippen molar-refractivity contribution in [2.24, 2.45) is 7.05 Å². The van der Waals surface area contributed by atoms with Gasteiger partial charge in [-0.15, -0.1) is 0 Å². The molecule has 2 heterocycles. The van der Waals surface area contributed by atoms with Gasteiger partial charge in [-0.2, -0.15) is 0 Å². The van der Waals surface area contributed by atoms with Gasteiger partial charge >= 0.3 is 0 Å². The molecular weight excluding hydrogens is 249 g/mol. The molecule has 0 saturated carbocycles. The number of aldehydes is 1. The van der Waals surface area contributed by atoms with Gasteiger partial charge in [0.15, 0.2) is 30.0 Å². The van der Waals surface area contributed by atoms with Crippen LogP contribution < -0.4 is 9.09 Å². The fourth-order valence-electron chi connectivity index (χ4n) is 2.12. The highest BCUT2D eigenvalue weighted by Gasteiger charge is 2.17. The average molecular weight is 260 g/mol. The fraction of sp³-hybridized carbons (Fsp3) is 0.0769. The summed E-state index contributed by atoms with van der Waals surface area (Å²) in [7, 11) is 4.11. The molecule has 0 N–H and O–H groups in total. The summed E-state index contributed by atoms with van der Waals surface area (Å²) in [5.41, 5.74) is 1.93. The maximum atomic E-state index is 11.2. The summed E-state index contributed by atoms with van der Waals surface area (Å²) >= 11 is 0. The first-order valence-electron chi connectivity index (χ1n) is 5.41. The molecule has 0 amide bonds. The molecule has 2 aromatic heterocycles. The third kappa shape index (κ3) is 1.50. The van der Waals surface area contributed by atoms with Gasteiger partial charge in [-0.25, -0.2) is 4.57 Å². The number of fused-ring (bicyclic) bond motifs is 3. The number of carbonyl (C=O) groups is 1. The van der Waals surface area contributed by atoms with E-state index in [1.54, 1.807) is 12.1 Å². The quantitative estimate of drug-likeness (QED) is 0.403. The number of aromatic nitrogens is 1. The van der Waals surface area contributed by atoms with Gasteiger partial charge in [0.2, 0.25) is 0 Å². The molecule has 0 saturated heterocycles. The van der Waals surface area contributed by atoms with Crippen molar-refractivity contribution in [1.29, 1.82) is 0 Å². The van der Waals surface area contributed by atoms with Crippen molar-refractivity contribution in [3.05, 3.63) is 36.2 Å². The second kappa shape index (κ2) is 4.07. The lowest BCUT2D eigenvalue weighted by Gasteiger charge is -2.00. The summed E-state index contributed by atoms with van der Waals surface area (Å²) in [5, 5.41) is 1.69. The van der Waals surface area contributed by atoms with E-state index in [0.29, 0.717) is 16.9 Å². The van der Waals surface area contributed by atoms with Gasteiger partial charge in [-0.1, -0.05) is 0 Å². The Morgan fingerprint density at radius 2 is 2.22 bits per heavy atom. The van der Waals surface area contributed by atoms with Gasteiger partial charge in [-0.05, 0) is 12.1 Å². The summed E-state index contributed by atoms with van der Waals surface area (Å²) in [6.45, 7) is 0. The molecule has 90 valence electrons. The van der Waals surface area contributed by atoms with Crippen LogP contribution >= 0.6 is 9.47 Å². The highest BCUT2D eigenvalue weighted by atomic mass is 31.0. The summed E-state index contributed by atoms with van der Waals surface area (Å²) < 4.78 is 12.9. The van der Waals surface area contributed by atoms with Crippen LogP contribution in [0.5, 0.6) is 5.75 Å². The van der Waals surface area contributed by atoms with E-state index in [2.05, 4.69) is 9.47 Å². The Hall–Kier alpha value is -1.93. The summed E-state index contributed by atoms with van der Waals surface area (Å²) in [4.78, 5) is 11.2. The normalized spacial score (nSPS) is 11.0. The molecule has 5 heteroatoms. The highest BCUT2D eigenvalue weighted by Crippen LogP contribution is 2.36. The zero-order valence-corrected chi connectivity index (χ0v) is 10.9. The molecule has 1 unspecified atom stereocenters. The first kappa shape index (κ1) is 11.2. The number of pyridine rings is 1. The van der Waals surface area contributed by atoms with Gasteiger partial charge in [0, 0.05) is 17.0 Å². The zero-order chi connectivity index (χ0) is 12.7. The lowest BCUT2D eigenvalue weighted by Crippen LogP contribution is -2.25. The molecular formula is C13H11NO3P+. The summed E-state index contributed by atoms with van der Waals surface area (Å²) in [6.07, 6.45) is 4.66. The second-order valence-corrected chi connectivity index (χ2v) is 4.32. The number of nitrogens with zero attached hydrogens (tertiary/aromatic N) is 1. The minimum atomic E-state index is 0.593. The van der Waals surface area contributed by atoms with E-state index >= 15 is 0 Å². The predicted octanol–water partition coefficient (Wildman–Crippen LogP) is 2.39. The second-order valence-electron chi connectivity index (χ2n) is 4.08. The van der Waals surface area contributed by atoms with Crippen LogP contribution in [0, 0.1) is 0 Å². The van der Waals surface area contributed by atoms with Crippen LogP contribution in [0.1, 0.15) is 10.4 Å². The Kier molecular flexibility index (Phi) is 2.53. The van der Waals surface area contributed by atoms with E-state index in [0.717, 1.165) is 22.6 Å². The van der Waals surface area contributed by atoms with E-state index in [9.17, 15) is 4.79 Å². The largest absolute Gasteiger partial charge is 0.476 e. The van der Waals surface area contributed by atoms with Crippen LogP contribution in [0.25, 0.3) is 21.9 Å². The monoisotopic (exact) mass is 260 g/mol. The number of rotatable bonds is 2. The van der Waals surface area contributed by atoms with Crippen molar-refractivity contribution in [3.63, 3.8) is 0 Å². The number of benzene rings is 1. The zero-order valence-electron chi connectivity index (χ0n) is 9.71. The molecule has 3 aromatic rings. The Bertz CT molecular complexity index is 764. The average Bonchev–Trinajstić information content (AvgIpc) is 2.76. The van der Waals surface area contributed by atoms with Crippen molar-refractivity contribution in [1.82, 2.24) is 0 Å². The summed E-state index contributed by atoms with van der Waals surface area (Å²) in [6, 6.07) is 5.33. The molecule has 0 aliphatic heterocycles. The number of hydrogen-bond donors (Lipinski definition) is 0. The Labute approximate surface area is 105 Å². The molecule has 0 radical (unpaired) electrons. The SMILES string of the molecule is C[n+]1ccc2oc3c(OP)ccc(C=O)c3c2c1. The molecule has 1 aromatic carbocycles. The van der Waals surface area contributed by atoms with E-state index in [-0.39, 0.29) is 0 Å². The van der Waals surface area contributed by atoms with Crippen LogP contribution in [0.3, 0.4) is 0 Å². The van der Waals surface area contributed by atoms with Crippen LogP contribution in [0.2, 0.25) is 0 Å². The molecule has 18 heavy (non-hydrogen) atoms. The molecule has 1 atom stereocenters. The highest BCUT2D eigenvalue weighted by molar-refractivity contribution is 7.10. The topological polar surface area (TPSA) is 43.3 Å². The van der Waals surface area contributed by atoms with E-state index in [4.69, 9.17) is 8.94 Å². The smallest absolute Gasteiger partial charge is 0.180 e. The lowest BCUT2D eigenvalue weighted by atomic mass is 10.1. The molecule has 4 nitrogen and oxygen atoms in total. The number of carbonyl (C=O) groups excluding carboxylic acids is 1. The summed E-state index contributed by atoms with van der Waals surface area (Å²) in [5.74, 6) is 0.597. The lowest BCUT2D eigenvalue weighted by molar-refractivity contribution is -0.670. The molecule has 0 spiro atoms. The van der Waals surface area contributed by atoms with Crippen molar-refractivity contribution in [2.75, 3.05) is 0 Å². The molecule has 3 rings (SSSR count). The maximum absolute atomic E-state index is 11.2. The third-order valence-electron chi connectivity index (χ3n) is 2.95. The number of aryl methyl sites for hydroxylation is 1. The number of hydrogen-bond acceptors (Lipinski definition) is 3. The van der Waals surface area contributed by atoms with Crippen molar-refractivity contribution in [2.45, 2.75) is 0 Å². The molecule has 0 bridgehead atoms. The van der Waals surface area contributed by atoms with E-state index < -0.39 is 0 Å². The first-order chi connectivity index (χ1) is 8.74. The maximum Gasteiger partial charge on any atom is 0.180 e. The van der Waals surface area contributed by atoms with Crippen molar-refractivity contribution in [3.8, 4) is 5.75 Å². The molecule has 0 fully saturated rings. The standard InChI is InChI=1S/C13H11NO3P/c1-14-5-4-10-9(6-14)12-8(7-15)2-3-11(17-18)13(12)16-10/h2-7H,18H2,1H3/q+1. The Morgan fingerprint density at radius 3 is 2.94 bits per heavy atom. The Balaban J connectivity index is 2.56. The van der Waals surface area contributed by atoms with Crippen LogP contribution in [0.15, 0.2) is 35.0 Å². The predicted molar refractivity (Wildman–Crippen MR) is 70.6 cm³/mol. The first-order valence-corrected chi connectivity index (χ1v) is 5.88.